The third-order valence-electron chi connectivity index (χ3n) is 2.32. The fraction of sp³-hybridized carbons (Fsp3) is 0.667. The van der Waals surface area contributed by atoms with Gasteiger partial charge in [-0.05, 0) is 6.42 Å². The highest BCUT2D eigenvalue weighted by molar-refractivity contribution is 6.29. The first-order chi connectivity index (χ1) is 7.83. The van der Waals surface area contributed by atoms with Crippen LogP contribution in [0.4, 0.5) is 0 Å². The molecule has 0 aliphatic rings. The van der Waals surface area contributed by atoms with Crippen LogP contribution in [0, 0.1) is 0 Å². The number of nitrogens with zero attached hydrogens (tertiary/aromatic N) is 2. The SMILES string of the molecule is CCCCCCCOCc1cnc(Cl)cn1. The van der Waals surface area contributed by atoms with E-state index in [0.29, 0.717) is 11.8 Å². The molecule has 1 aromatic rings. The minimum Gasteiger partial charge on any atom is -0.375 e. The second kappa shape index (κ2) is 8.48. The second-order valence-electron chi connectivity index (χ2n) is 3.80. The predicted octanol–water partition coefficient (Wildman–Crippen LogP) is 3.62. The molecule has 1 rings (SSSR count). The Kier molecular flexibility index (Phi) is 7.10. The number of unbranched alkanes of at least 4 members (excludes halogenated alkanes) is 4. The van der Waals surface area contributed by atoms with Crippen molar-refractivity contribution in [2.45, 2.75) is 45.6 Å². The lowest BCUT2D eigenvalue weighted by atomic mass is 10.2. The van der Waals surface area contributed by atoms with Crippen molar-refractivity contribution in [3.05, 3.63) is 23.2 Å². The molecule has 0 amide bonds. The first-order valence-corrected chi connectivity index (χ1v) is 6.25. The minimum atomic E-state index is 0.420. The lowest BCUT2D eigenvalue weighted by Gasteiger charge is -2.03. The van der Waals surface area contributed by atoms with Crippen molar-refractivity contribution in [3.63, 3.8) is 0 Å². The summed E-state index contributed by atoms with van der Waals surface area (Å²) in [5, 5.41) is 0.420. The maximum Gasteiger partial charge on any atom is 0.147 e. The number of hydrogen-bond donors (Lipinski definition) is 0. The van der Waals surface area contributed by atoms with Gasteiger partial charge in [-0.2, -0.15) is 0 Å². The molecule has 0 aliphatic carbocycles. The van der Waals surface area contributed by atoms with Gasteiger partial charge in [0.15, 0.2) is 0 Å². The van der Waals surface area contributed by atoms with Gasteiger partial charge in [0.05, 0.1) is 24.7 Å². The van der Waals surface area contributed by atoms with Gasteiger partial charge in [-0.25, -0.2) is 4.98 Å². The molecule has 4 heteroatoms. The average Bonchev–Trinajstić information content (AvgIpc) is 2.30. The van der Waals surface area contributed by atoms with Crippen LogP contribution < -0.4 is 0 Å². The van der Waals surface area contributed by atoms with E-state index in [1.54, 1.807) is 12.4 Å². The van der Waals surface area contributed by atoms with Gasteiger partial charge in [0.2, 0.25) is 0 Å². The van der Waals surface area contributed by atoms with E-state index in [4.69, 9.17) is 16.3 Å². The Morgan fingerprint density at radius 1 is 1.12 bits per heavy atom. The summed E-state index contributed by atoms with van der Waals surface area (Å²) < 4.78 is 5.49. The number of aromatic nitrogens is 2. The van der Waals surface area contributed by atoms with Crippen LogP contribution in [0.3, 0.4) is 0 Å². The van der Waals surface area contributed by atoms with E-state index < -0.39 is 0 Å². The molecule has 1 aromatic heterocycles. The van der Waals surface area contributed by atoms with Crippen molar-refractivity contribution in [2.24, 2.45) is 0 Å². The van der Waals surface area contributed by atoms with E-state index in [0.717, 1.165) is 18.7 Å². The van der Waals surface area contributed by atoms with Crippen LogP contribution in [0.15, 0.2) is 12.4 Å². The van der Waals surface area contributed by atoms with Gasteiger partial charge in [0.1, 0.15) is 5.15 Å². The Bertz CT molecular complexity index is 277. The highest BCUT2D eigenvalue weighted by atomic mass is 35.5. The van der Waals surface area contributed by atoms with E-state index >= 15 is 0 Å². The Morgan fingerprint density at radius 3 is 2.62 bits per heavy atom. The zero-order valence-corrected chi connectivity index (χ0v) is 10.5. The van der Waals surface area contributed by atoms with Crippen molar-refractivity contribution in [2.75, 3.05) is 6.61 Å². The highest BCUT2D eigenvalue weighted by Crippen LogP contribution is 2.05. The molecular weight excluding hydrogens is 224 g/mol. The molecule has 16 heavy (non-hydrogen) atoms. The summed E-state index contributed by atoms with van der Waals surface area (Å²) in [6, 6.07) is 0. The molecule has 1 heterocycles. The molecule has 90 valence electrons. The van der Waals surface area contributed by atoms with Crippen LogP contribution in [-0.4, -0.2) is 16.6 Å². The number of rotatable bonds is 8. The number of ether oxygens (including phenoxy) is 1. The van der Waals surface area contributed by atoms with E-state index in [9.17, 15) is 0 Å². The Morgan fingerprint density at radius 2 is 1.94 bits per heavy atom. The van der Waals surface area contributed by atoms with Gasteiger partial charge in [0, 0.05) is 6.61 Å². The summed E-state index contributed by atoms with van der Waals surface area (Å²) in [7, 11) is 0. The zero-order valence-electron chi connectivity index (χ0n) is 9.79. The van der Waals surface area contributed by atoms with Gasteiger partial charge in [0.25, 0.3) is 0 Å². The summed E-state index contributed by atoms with van der Waals surface area (Å²) in [6.45, 7) is 3.54. The molecule has 3 nitrogen and oxygen atoms in total. The molecule has 0 saturated heterocycles. The van der Waals surface area contributed by atoms with Crippen molar-refractivity contribution in [1.82, 2.24) is 9.97 Å². The molecule has 0 saturated carbocycles. The summed E-state index contributed by atoms with van der Waals surface area (Å²) >= 11 is 5.63. The fourth-order valence-electron chi connectivity index (χ4n) is 1.40. The normalized spacial score (nSPS) is 10.6. The summed E-state index contributed by atoms with van der Waals surface area (Å²) in [6.07, 6.45) is 9.48. The summed E-state index contributed by atoms with van der Waals surface area (Å²) in [4.78, 5) is 8.05. The van der Waals surface area contributed by atoms with Crippen LogP contribution in [0.2, 0.25) is 5.15 Å². The Labute approximate surface area is 102 Å². The monoisotopic (exact) mass is 242 g/mol. The third-order valence-corrected chi connectivity index (χ3v) is 2.51. The number of hydrogen-bond acceptors (Lipinski definition) is 3. The molecule has 0 N–H and O–H groups in total. The molecule has 0 aliphatic heterocycles. The van der Waals surface area contributed by atoms with Gasteiger partial charge in [-0.15, -0.1) is 0 Å². The van der Waals surface area contributed by atoms with Crippen LogP contribution in [0.1, 0.15) is 44.7 Å². The second-order valence-corrected chi connectivity index (χ2v) is 4.18. The molecule has 0 spiro atoms. The third kappa shape index (κ3) is 6.03. The van der Waals surface area contributed by atoms with Gasteiger partial charge in [-0.1, -0.05) is 44.2 Å². The first-order valence-electron chi connectivity index (χ1n) is 5.87. The Hall–Kier alpha value is -0.670. The van der Waals surface area contributed by atoms with Gasteiger partial charge >= 0.3 is 0 Å². The maximum absolute atomic E-state index is 5.63. The maximum atomic E-state index is 5.63. The van der Waals surface area contributed by atoms with Crippen molar-refractivity contribution >= 4 is 11.6 Å². The van der Waals surface area contributed by atoms with Crippen molar-refractivity contribution in [1.29, 1.82) is 0 Å². The molecule has 0 unspecified atom stereocenters. The molecule has 0 atom stereocenters. The van der Waals surface area contributed by atoms with E-state index in [-0.39, 0.29) is 0 Å². The summed E-state index contributed by atoms with van der Waals surface area (Å²) in [5.41, 5.74) is 0.831. The summed E-state index contributed by atoms with van der Waals surface area (Å²) in [5.74, 6) is 0. The van der Waals surface area contributed by atoms with Crippen LogP contribution in [0.25, 0.3) is 0 Å². The van der Waals surface area contributed by atoms with Crippen LogP contribution in [0.5, 0.6) is 0 Å². The lowest BCUT2D eigenvalue weighted by Crippen LogP contribution is -1.98. The van der Waals surface area contributed by atoms with Gasteiger partial charge in [-0.3, -0.25) is 4.98 Å². The Balaban J connectivity index is 2.01. The molecule has 0 fully saturated rings. The molecular formula is C12H19ClN2O. The van der Waals surface area contributed by atoms with E-state index in [2.05, 4.69) is 16.9 Å². The van der Waals surface area contributed by atoms with Crippen LogP contribution in [-0.2, 0) is 11.3 Å². The molecule has 0 bridgehead atoms. The van der Waals surface area contributed by atoms with E-state index in [1.807, 2.05) is 0 Å². The number of halogens is 1. The van der Waals surface area contributed by atoms with E-state index in [1.165, 1.54) is 25.7 Å². The topological polar surface area (TPSA) is 35.0 Å². The molecule has 0 aromatic carbocycles. The largest absolute Gasteiger partial charge is 0.375 e. The smallest absolute Gasteiger partial charge is 0.147 e. The van der Waals surface area contributed by atoms with Crippen molar-refractivity contribution < 1.29 is 4.74 Å². The zero-order chi connectivity index (χ0) is 11.6. The minimum absolute atomic E-state index is 0.420. The lowest BCUT2D eigenvalue weighted by molar-refractivity contribution is 0.114. The first kappa shape index (κ1) is 13.4. The fourth-order valence-corrected chi connectivity index (χ4v) is 1.50. The standard InChI is InChI=1S/C12H19ClN2O/c1-2-3-4-5-6-7-16-10-11-8-15-12(13)9-14-11/h8-9H,2-7,10H2,1H3. The average molecular weight is 243 g/mol. The highest BCUT2D eigenvalue weighted by Gasteiger charge is 1.96. The quantitative estimate of drug-likeness (QED) is 0.653. The van der Waals surface area contributed by atoms with Gasteiger partial charge < -0.3 is 4.74 Å². The van der Waals surface area contributed by atoms with Crippen molar-refractivity contribution in [3.8, 4) is 0 Å². The predicted molar refractivity (Wildman–Crippen MR) is 65.5 cm³/mol. The molecule has 0 radical (unpaired) electrons. The van der Waals surface area contributed by atoms with Crippen LogP contribution >= 0.6 is 11.6 Å².